The first-order valence-corrected chi connectivity index (χ1v) is 3.77. The predicted molar refractivity (Wildman–Crippen MR) is 44.5 cm³/mol. The zero-order valence-corrected chi connectivity index (χ0v) is 6.81. The van der Waals surface area contributed by atoms with Crippen LogP contribution in [0, 0.1) is 0 Å². The summed E-state index contributed by atoms with van der Waals surface area (Å²) < 4.78 is 12.7. The van der Waals surface area contributed by atoms with Gasteiger partial charge in [-0.15, -0.1) is 0 Å². The lowest BCUT2D eigenvalue weighted by Crippen LogP contribution is -1.72. The molecule has 1 aromatic rings. The van der Waals surface area contributed by atoms with Crippen LogP contribution in [0.5, 0.6) is 0 Å². The molecular formula is C8H6BrF. The molecule has 0 spiro atoms. The van der Waals surface area contributed by atoms with Gasteiger partial charge in [-0.2, -0.15) is 0 Å². The van der Waals surface area contributed by atoms with Gasteiger partial charge in [0.2, 0.25) is 0 Å². The van der Waals surface area contributed by atoms with Crippen molar-refractivity contribution in [1.82, 2.24) is 0 Å². The molecule has 0 radical (unpaired) electrons. The maximum atomic E-state index is 12.7. The monoisotopic (exact) mass is 200 g/mol. The minimum absolute atomic E-state index is 0.249. The first-order chi connectivity index (χ1) is 4.84. The highest BCUT2D eigenvalue weighted by atomic mass is 79.9. The molecule has 0 aliphatic carbocycles. The minimum atomic E-state index is -0.249. The van der Waals surface area contributed by atoms with E-state index in [0.717, 1.165) is 0 Å². The Labute approximate surface area is 67.5 Å². The molecule has 1 rings (SSSR count). The van der Waals surface area contributed by atoms with Crippen LogP contribution in [-0.2, 0) is 0 Å². The highest BCUT2D eigenvalue weighted by Crippen LogP contribution is 2.15. The van der Waals surface area contributed by atoms with Gasteiger partial charge in [-0.1, -0.05) is 46.3 Å². The summed E-state index contributed by atoms with van der Waals surface area (Å²) in [5, 5.41) is 0. The van der Waals surface area contributed by atoms with Crippen LogP contribution in [0.2, 0.25) is 0 Å². The van der Waals surface area contributed by atoms with Crippen molar-refractivity contribution in [3.05, 3.63) is 40.9 Å². The molecule has 0 amide bonds. The summed E-state index contributed by atoms with van der Waals surface area (Å²) in [7, 11) is 0. The van der Waals surface area contributed by atoms with Crippen LogP contribution < -0.4 is 0 Å². The Morgan fingerprint density at radius 1 is 1.30 bits per heavy atom. The lowest BCUT2D eigenvalue weighted by Gasteiger charge is -1.92. The van der Waals surface area contributed by atoms with Crippen molar-refractivity contribution in [3.63, 3.8) is 0 Å². The molecular weight excluding hydrogens is 195 g/mol. The van der Waals surface area contributed by atoms with Crippen molar-refractivity contribution in [2.75, 3.05) is 0 Å². The Morgan fingerprint density at radius 3 is 2.40 bits per heavy atom. The van der Waals surface area contributed by atoms with E-state index in [1.54, 1.807) is 24.3 Å². The van der Waals surface area contributed by atoms with Gasteiger partial charge in [0.25, 0.3) is 0 Å². The van der Waals surface area contributed by atoms with Gasteiger partial charge in [-0.25, -0.2) is 4.39 Å². The summed E-state index contributed by atoms with van der Waals surface area (Å²) >= 11 is 2.91. The predicted octanol–water partition coefficient (Wildman–Crippen LogP) is 3.35. The normalized spacial score (nSPS) is 11.6. The molecule has 10 heavy (non-hydrogen) atoms. The smallest absolute Gasteiger partial charge is 0.137 e. The molecule has 0 heterocycles. The quantitative estimate of drug-likeness (QED) is 0.653. The second kappa shape index (κ2) is 3.52. The lowest BCUT2D eigenvalue weighted by atomic mass is 10.2. The third kappa shape index (κ3) is 1.67. The summed E-state index contributed by atoms with van der Waals surface area (Å²) in [6, 6.07) is 8.88. The van der Waals surface area contributed by atoms with E-state index in [4.69, 9.17) is 0 Å². The maximum absolute atomic E-state index is 12.7. The molecule has 52 valence electrons. The van der Waals surface area contributed by atoms with Crippen molar-refractivity contribution in [1.29, 1.82) is 0 Å². The third-order valence-electron chi connectivity index (χ3n) is 1.15. The fraction of sp³-hybridized carbons (Fsp3) is 0. The van der Waals surface area contributed by atoms with Crippen LogP contribution in [0.3, 0.4) is 0 Å². The molecule has 0 nitrogen and oxygen atoms in total. The third-order valence-corrected chi connectivity index (χ3v) is 1.55. The molecule has 0 saturated carbocycles. The largest absolute Gasteiger partial charge is 0.206 e. The van der Waals surface area contributed by atoms with Crippen LogP contribution in [-0.4, -0.2) is 0 Å². The van der Waals surface area contributed by atoms with Gasteiger partial charge in [0, 0.05) is 10.5 Å². The standard InChI is InChI=1S/C8H6BrF/c9-6-8(10)7-4-2-1-3-5-7/h1-6H/b8-6-. The molecule has 0 aliphatic heterocycles. The van der Waals surface area contributed by atoms with Crippen LogP contribution in [0.4, 0.5) is 4.39 Å². The molecule has 0 aliphatic rings. The Balaban J connectivity index is 2.96. The maximum Gasteiger partial charge on any atom is 0.137 e. The van der Waals surface area contributed by atoms with Gasteiger partial charge in [0.15, 0.2) is 0 Å². The van der Waals surface area contributed by atoms with Crippen molar-refractivity contribution in [3.8, 4) is 0 Å². The lowest BCUT2D eigenvalue weighted by molar-refractivity contribution is 0.762. The van der Waals surface area contributed by atoms with Crippen molar-refractivity contribution < 1.29 is 4.39 Å². The van der Waals surface area contributed by atoms with Crippen LogP contribution >= 0.6 is 15.9 Å². The summed E-state index contributed by atoms with van der Waals surface area (Å²) in [5.74, 6) is -0.249. The zero-order valence-electron chi connectivity index (χ0n) is 5.22. The minimum Gasteiger partial charge on any atom is -0.206 e. The number of rotatable bonds is 1. The van der Waals surface area contributed by atoms with E-state index in [2.05, 4.69) is 15.9 Å². The molecule has 2 heteroatoms. The van der Waals surface area contributed by atoms with Gasteiger partial charge < -0.3 is 0 Å². The van der Waals surface area contributed by atoms with Gasteiger partial charge >= 0.3 is 0 Å². The molecule has 0 atom stereocenters. The molecule has 0 bridgehead atoms. The summed E-state index contributed by atoms with van der Waals surface area (Å²) in [6.07, 6.45) is 0. The van der Waals surface area contributed by atoms with E-state index in [9.17, 15) is 4.39 Å². The van der Waals surface area contributed by atoms with E-state index in [-0.39, 0.29) is 5.83 Å². The van der Waals surface area contributed by atoms with E-state index in [1.807, 2.05) is 6.07 Å². The molecule has 0 unspecified atom stereocenters. The first kappa shape index (κ1) is 7.48. The fourth-order valence-electron chi connectivity index (χ4n) is 0.660. The SMILES string of the molecule is F/C(=C\Br)c1ccccc1. The molecule has 0 aromatic heterocycles. The van der Waals surface area contributed by atoms with E-state index in [1.165, 1.54) is 4.99 Å². The van der Waals surface area contributed by atoms with Gasteiger partial charge in [0.05, 0.1) is 0 Å². The topological polar surface area (TPSA) is 0 Å². The Kier molecular flexibility index (Phi) is 2.63. The Hall–Kier alpha value is -0.630. The molecule has 0 N–H and O–H groups in total. The van der Waals surface area contributed by atoms with Gasteiger partial charge in [0.1, 0.15) is 5.83 Å². The van der Waals surface area contributed by atoms with Gasteiger partial charge in [-0.05, 0) is 0 Å². The van der Waals surface area contributed by atoms with Crippen molar-refractivity contribution in [2.45, 2.75) is 0 Å². The Morgan fingerprint density at radius 2 is 1.90 bits per heavy atom. The number of benzene rings is 1. The van der Waals surface area contributed by atoms with Crippen molar-refractivity contribution in [2.24, 2.45) is 0 Å². The van der Waals surface area contributed by atoms with E-state index in [0.29, 0.717) is 5.56 Å². The summed E-state index contributed by atoms with van der Waals surface area (Å²) in [4.78, 5) is 1.27. The summed E-state index contributed by atoms with van der Waals surface area (Å²) in [6.45, 7) is 0. The van der Waals surface area contributed by atoms with E-state index >= 15 is 0 Å². The van der Waals surface area contributed by atoms with Crippen LogP contribution in [0.15, 0.2) is 35.3 Å². The second-order valence-electron chi connectivity index (χ2n) is 1.82. The molecule has 0 saturated heterocycles. The average Bonchev–Trinajstić information content (AvgIpc) is 2.05. The van der Waals surface area contributed by atoms with E-state index < -0.39 is 0 Å². The molecule has 0 fully saturated rings. The molecule has 1 aromatic carbocycles. The second-order valence-corrected chi connectivity index (χ2v) is 2.28. The van der Waals surface area contributed by atoms with Crippen LogP contribution in [0.1, 0.15) is 5.56 Å². The highest BCUT2D eigenvalue weighted by molar-refractivity contribution is 9.11. The highest BCUT2D eigenvalue weighted by Gasteiger charge is 1.94. The van der Waals surface area contributed by atoms with Crippen LogP contribution in [0.25, 0.3) is 5.83 Å². The zero-order chi connectivity index (χ0) is 7.40. The number of hydrogen-bond donors (Lipinski definition) is 0. The van der Waals surface area contributed by atoms with Gasteiger partial charge in [-0.3, -0.25) is 0 Å². The Bertz CT molecular complexity index is 228. The summed E-state index contributed by atoms with van der Waals surface area (Å²) in [5.41, 5.74) is 0.597. The number of hydrogen-bond acceptors (Lipinski definition) is 0. The fourth-order valence-corrected chi connectivity index (χ4v) is 0.925. The number of halogens is 2. The van der Waals surface area contributed by atoms with Crippen molar-refractivity contribution >= 4 is 21.8 Å². The first-order valence-electron chi connectivity index (χ1n) is 2.86. The average molecular weight is 201 g/mol.